The Hall–Kier alpha value is -1.65. The molecule has 2 unspecified atom stereocenters. The van der Waals surface area contributed by atoms with Crippen LogP contribution in [0.3, 0.4) is 0 Å². The van der Waals surface area contributed by atoms with Crippen molar-refractivity contribution in [1.29, 1.82) is 0 Å². The first-order valence-electron chi connectivity index (χ1n) is 5.52. The van der Waals surface area contributed by atoms with Gasteiger partial charge >= 0.3 is 0 Å². The summed E-state index contributed by atoms with van der Waals surface area (Å²) in [6, 6.07) is 3.61. The maximum absolute atomic E-state index is 10.4. The zero-order valence-corrected chi connectivity index (χ0v) is 9.22. The molecule has 1 aromatic rings. The molecular formula is C11H15N3O2. The molecule has 86 valence electrons. The molecule has 1 N–H and O–H groups in total. The van der Waals surface area contributed by atoms with E-state index in [0.29, 0.717) is 6.04 Å². The summed E-state index contributed by atoms with van der Waals surface area (Å²) in [7, 11) is 0. The molecule has 1 heterocycles. The summed E-state index contributed by atoms with van der Waals surface area (Å²) in [6.07, 6.45) is 4.84. The maximum Gasteiger partial charge on any atom is 0.287 e. The molecule has 1 fully saturated rings. The maximum atomic E-state index is 10.4. The van der Waals surface area contributed by atoms with E-state index in [-0.39, 0.29) is 5.69 Å². The minimum absolute atomic E-state index is 0.0327. The second-order valence-electron chi connectivity index (χ2n) is 4.42. The predicted molar refractivity (Wildman–Crippen MR) is 61.3 cm³/mol. The quantitative estimate of drug-likeness (QED) is 0.629. The number of anilines is 1. The van der Waals surface area contributed by atoms with E-state index in [9.17, 15) is 10.1 Å². The molecule has 2 atom stereocenters. The standard InChI is InChI=1S/C11H15N3O2/c1-8-2-3-9(6-8)13-11-5-4-10(7-12-11)14(15)16/h4-5,7-9H,2-3,6H2,1H3,(H,12,13). The molecule has 0 saturated heterocycles. The summed E-state index contributed by atoms with van der Waals surface area (Å²) in [5.74, 6) is 1.49. The van der Waals surface area contributed by atoms with Gasteiger partial charge in [0.2, 0.25) is 0 Å². The van der Waals surface area contributed by atoms with Crippen LogP contribution in [0.15, 0.2) is 18.3 Å². The third-order valence-electron chi connectivity index (χ3n) is 3.01. The molecule has 16 heavy (non-hydrogen) atoms. The van der Waals surface area contributed by atoms with Gasteiger partial charge < -0.3 is 5.32 Å². The van der Waals surface area contributed by atoms with E-state index in [1.807, 2.05) is 0 Å². The zero-order chi connectivity index (χ0) is 11.5. The lowest BCUT2D eigenvalue weighted by molar-refractivity contribution is -0.385. The first-order chi connectivity index (χ1) is 7.65. The molecular weight excluding hydrogens is 206 g/mol. The number of nitrogens with one attached hydrogen (secondary N) is 1. The summed E-state index contributed by atoms with van der Waals surface area (Å²) in [5, 5.41) is 13.7. The second-order valence-corrected chi connectivity index (χ2v) is 4.42. The topological polar surface area (TPSA) is 68.1 Å². The van der Waals surface area contributed by atoms with E-state index < -0.39 is 4.92 Å². The predicted octanol–water partition coefficient (Wildman–Crippen LogP) is 2.59. The Balaban J connectivity index is 1.97. The highest BCUT2D eigenvalue weighted by molar-refractivity contribution is 5.41. The number of rotatable bonds is 3. The van der Waals surface area contributed by atoms with Crippen LogP contribution in [0, 0.1) is 16.0 Å². The van der Waals surface area contributed by atoms with Crippen LogP contribution in [0.5, 0.6) is 0 Å². The van der Waals surface area contributed by atoms with Crippen LogP contribution in [-0.2, 0) is 0 Å². The summed E-state index contributed by atoms with van der Waals surface area (Å²) in [5.41, 5.74) is 0.0327. The van der Waals surface area contributed by atoms with Gasteiger partial charge in [0, 0.05) is 12.1 Å². The Labute approximate surface area is 94.0 Å². The van der Waals surface area contributed by atoms with Gasteiger partial charge in [-0.1, -0.05) is 6.92 Å². The summed E-state index contributed by atoms with van der Waals surface area (Å²) in [6.45, 7) is 2.24. The van der Waals surface area contributed by atoms with Crippen LogP contribution >= 0.6 is 0 Å². The fourth-order valence-electron chi connectivity index (χ4n) is 2.13. The van der Waals surface area contributed by atoms with Crippen molar-refractivity contribution in [1.82, 2.24) is 4.98 Å². The molecule has 5 heteroatoms. The molecule has 0 amide bonds. The molecule has 0 bridgehead atoms. The first-order valence-corrected chi connectivity index (χ1v) is 5.52. The number of pyridine rings is 1. The molecule has 5 nitrogen and oxygen atoms in total. The van der Waals surface area contributed by atoms with E-state index >= 15 is 0 Å². The van der Waals surface area contributed by atoms with Crippen LogP contribution in [0.2, 0.25) is 0 Å². The minimum Gasteiger partial charge on any atom is -0.367 e. The largest absolute Gasteiger partial charge is 0.367 e. The van der Waals surface area contributed by atoms with Crippen LogP contribution in [0.4, 0.5) is 11.5 Å². The van der Waals surface area contributed by atoms with Crippen molar-refractivity contribution >= 4 is 11.5 Å². The van der Waals surface area contributed by atoms with E-state index in [4.69, 9.17) is 0 Å². The highest BCUT2D eigenvalue weighted by Crippen LogP contribution is 2.27. The Kier molecular flexibility index (Phi) is 3.03. The van der Waals surface area contributed by atoms with Crippen LogP contribution in [0.1, 0.15) is 26.2 Å². The van der Waals surface area contributed by atoms with E-state index in [2.05, 4.69) is 17.2 Å². The van der Waals surface area contributed by atoms with Crippen LogP contribution in [-0.4, -0.2) is 15.9 Å². The van der Waals surface area contributed by atoms with E-state index in [1.54, 1.807) is 6.07 Å². The molecule has 0 radical (unpaired) electrons. The van der Waals surface area contributed by atoms with Crippen molar-refractivity contribution < 1.29 is 4.92 Å². The van der Waals surface area contributed by atoms with Gasteiger partial charge in [-0.2, -0.15) is 0 Å². The highest BCUT2D eigenvalue weighted by Gasteiger charge is 2.21. The van der Waals surface area contributed by atoms with Gasteiger partial charge in [0.15, 0.2) is 0 Å². The van der Waals surface area contributed by atoms with Gasteiger partial charge in [-0.15, -0.1) is 0 Å². The van der Waals surface area contributed by atoms with Crippen molar-refractivity contribution in [3.05, 3.63) is 28.4 Å². The third-order valence-corrected chi connectivity index (χ3v) is 3.01. The molecule has 1 saturated carbocycles. The number of hydrogen-bond acceptors (Lipinski definition) is 4. The fourth-order valence-corrected chi connectivity index (χ4v) is 2.13. The number of hydrogen-bond donors (Lipinski definition) is 1. The average Bonchev–Trinajstić information content (AvgIpc) is 2.65. The molecule has 0 aromatic carbocycles. The highest BCUT2D eigenvalue weighted by atomic mass is 16.6. The number of aromatic nitrogens is 1. The molecule has 2 rings (SSSR count). The summed E-state index contributed by atoms with van der Waals surface area (Å²) < 4.78 is 0. The second kappa shape index (κ2) is 4.47. The van der Waals surface area contributed by atoms with E-state index in [0.717, 1.165) is 24.6 Å². The Morgan fingerprint density at radius 3 is 2.81 bits per heavy atom. The van der Waals surface area contributed by atoms with Gasteiger partial charge in [0.05, 0.1) is 4.92 Å². The minimum atomic E-state index is -0.436. The fraction of sp³-hybridized carbons (Fsp3) is 0.545. The summed E-state index contributed by atoms with van der Waals surface area (Å²) in [4.78, 5) is 14.0. The van der Waals surface area contributed by atoms with Crippen molar-refractivity contribution in [3.63, 3.8) is 0 Å². The average molecular weight is 221 g/mol. The molecule has 1 aliphatic rings. The Bertz CT molecular complexity index is 377. The van der Waals surface area contributed by atoms with Crippen molar-refractivity contribution in [2.45, 2.75) is 32.2 Å². The van der Waals surface area contributed by atoms with Crippen molar-refractivity contribution in [3.8, 4) is 0 Å². The monoisotopic (exact) mass is 221 g/mol. The lowest BCUT2D eigenvalue weighted by atomic mass is 10.1. The van der Waals surface area contributed by atoms with E-state index in [1.165, 1.54) is 18.7 Å². The lowest BCUT2D eigenvalue weighted by Gasteiger charge is -2.12. The van der Waals surface area contributed by atoms with Gasteiger partial charge in [0.1, 0.15) is 12.0 Å². The van der Waals surface area contributed by atoms with Gasteiger partial charge in [-0.05, 0) is 31.2 Å². The van der Waals surface area contributed by atoms with Crippen LogP contribution < -0.4 is 5.32 Å². The molecule has 0 aliphatic heterocycles. The summed E-state index contributed by atoms with van der Waals surface area (Å²) >= 11 is 0. The first kappa shape index (κ1) is 10.9. The van der Waals surface area contributed by atoms with Gasteiger partial charge in [-0.25, -0.2) is 4.98 Å². The van der Waals surface area contributed by atoms with Crippen molar-refractivity contribution in [2.75, 3.05) is 5.32 Å². The molecule has 0 spiro atoms. The van der Waals surface area contributed by atoms with Crippen molar-refractivity contribution in [2.24, 2.45) is 5.92 Å². The van der Waals surface area contributed by atoms with Gasteiger partial charge in [0.25, 0.3) is 5.69 Å². The lowest BCUT2D eigenvalue weighted by Crippen LogP contribution is -2.16. The van der Waals surface area contributed by atoms with Crippen LogP contribution in [0.25, 0.3) is 0 Å². The zero-order valence-electron chi connectivity index (χ0n) is 9.22. The molecule has 1 aromatic heterocycles. The Morgan fingerprint density at radius 1 is 1.50 bits per heavy atom. The smallest absolute Gasteiger partial charge is 0.287 e. The third kappa shape index (κ3) is 2.48. The number of nitrogens with zero attached hydrogens (tertiary/aromatic N) is 2. The molecule has 1 aliphatic carbocycles. The number of nitro groups is 1. The Morgan fingerprint density at radius 2 is 2.31 bits per heavy atom. The van der Waals surface area contributed by atoms with Gasteiger partial charge in [-0.3, -0.25) is 10.1 Å². The normalized spacial score (nSPS) is 24.3. The SMILES string of the molecule is CC1CCC(Nc2ccc([N+](=O)[O-])cn2)C1.